The molecule has 1 aliphatic rings. The molecule has 0 aromatic rings. The zero-order valence-corrected chi connectivity index (χ0v) is 11.2. The monoisotopic (exact) mass is 253 g/mol. The maximum atomic E-state index is 12.0. The van der Waals surface area contributed by atoms with Crippen LogP contribution < -0.4 is 5.32 Å². The lowest BCUT2D eigenvalue weighted by molar-refractivity contribution is -0.142. The third-order valence-corrected chi connectivity index (χ3v) is 3.61. The van der Waals surface area contributed by atoms with Gasteiger partial charge >= 0.3 is 5.97 Å². The lowest BCUT2D eigenvalue weighted by atomic mass is 9.84. The number of carbonyl (C=O) groups is 2. The molecule has 1 amide bonds. The number of carboxylic acids is 1. The van der Waals surface area contributed by atoms with Crippen LogP contribution in [0.3, 0.4) is 0 Å². The van der Waals surface area contributed by atoms with Crippen LogP contribution in [0.2, 0.25) is 0 Å². The number of hydrogen-bond donors (Lipinski definition) is 2. The largest absolute Gasteiger partial charge is 0.480 e. The van der Waals surface area contributed by atoms with Gasteiger partial charge in [-0.1, -0.05) is 39.7 Å². The first-order valence-corrected chi connectivity index (χ1v) is 6.66. The smallest absolute Gasteiger partial charge is 0.326 e. The lowest BCUT2D eigenvalue weighted by Crippen LogP contribution is -2.45. The van der Waals surface area contributed by atoms with E-state index >= 15 is 0 Å². The average Bonchev–Trinajstić information content (AvgIpc) is 2.35. The van der Waals surface area contributed by atoms with Crippen LogP contribution >= 0.6 is 0 Å². The first-order chi connectivity index (χ1) is 8.43. The van der Waals surface area contributed by atoms with Crippen LogP contribution in [0.25, 0.3) is 0 Å². The molecule has 1 aliphatic carbocycles. The van der Waals surface area contributed by atoms with E-state index in [9.17, 15) is 9.59 Å². The molecular weight excluding hydrogens is 230 g/mol. The van der Waals surface area contributed by atoms with Crippen LogP contribution in [0.5, 0.6) is 0 Å². The molecule has 0 heterocycles. The second-order valence-corrected chi connectivity index (χ2v) is 5.39. The number of amides is 1. The van der Waals surface area contributed by atoms with Gasteiger partial charge < -0.3 is 10.4 Å². The summed E-state index contributed by atoms with van der Waals surface area (Å²) in [5.41, 5.74) is 0.543. The highest BCUT2D eigenvalue weighted by atomic mass is 16.4. The molecule has 0 spiro atoms. The topological polar surface area (TPSA) is 66.4 Å². The molecule has 0 saturated heterocycles. The highest BCUT2D eigenvalue weighted by Crippen LogP contribution is 2.28. The van der Waals surface area contributed by atoms with Crippen molar-refractivity contribution in [2.75, 3.05) is 0 Å². The molecule has 1 atom stereocenters. The Kier molecular flexibility index (Phi) is 5.38. The Morgan fingerprint density at radius 1 is 1.22 bits per heavy atom. The Bertz CT molecular complexity index is 330. The van der Waals surface area contributed by atoms with E-state index in [0.717, 1.165) is 25.7 Å². The predicted octanol–water partition coefficient (Wildman–Crippen LogP) is 2.35. The number of carboxylic acid groups (broad SMARTS) is 1. The van der Waals surface area contributed by atoms with Gasteiger partial charge in [-0.05, 0) is 24.7 Å². The van der Waals surface area contributed by atoms with Gasteiger partial charge in [0.05, 0.1) is 0 Å². The van der Waals surface area contributed by atoms with Crippen LogP contribution in [0.4, 0.5) is 0 Å². The van der Waals surface area contributed by atoms with Crippen LogP contribution in [-0.2, 0) is 9.59 Å². The Morgan fingerprint density at radius 2 is 1.78 bits per heavy atom. The number of nitrogens with one attached hydrogen (secondary N) is 1. The molecule has 4 nitrogen and oxygen atoms in total. The number of rotatable bonds is 5. The van der Waals surface area contributed by atoms with E-state index in [4.69, 9.17) is 5.11 Å². The molecule has 0 aromatic heterocycles. The standard InChI is InChI=1S/C14H23NO3/c1-9(2)12(14(17)18)15-13(16)10(3)11-7-5-4-6-8-11/h9,11-12H,3-8H2,1-2H3,(H,15,16)(H,17,18). The van der Waals surface area contributed by atoms with E-state index in [0.29, 0.717) is 5.57 Å². The quantitative estimate of drug-likeness (QED) is 0.739. The van der Waals surface area contributed by atoms with Gasteiger partial charge in [-0.2, -0.15) is 0 Å². The summed E-state index contributed by atoms with van der Waals surface area (Å²) in [5, 5.41) is 11.6. The molecule has 0 aliphatic heterocycles. The van der Waals surface area contributed by atoms with Gasteiger partial charge in [0.1, 0.15) is 6.04 Å². The first kappa shape index (κ1) is 14.7. The summed E-state index contributed by atoms with van der Waals surface area (Å²) in [7, 11) is 0. The number of hydrogen-bond acceptors (Lipinski definition) is 2. The van der Waals surface area contributed by atoms with E-state index in [1.165, 1.54) is 6.42 Å². The van der Waals surface area contributed by atoms with Gasteiger partial charge in [0.15, 0.2) is 0 Å². The SMILES string of the molecule is C=C(C(=O)NC(C(=O)O)C(C)C)C1CCCCC1. The minimum Gasteiger partial charge on any atom is -0.480 e. The summed E-state index contributed by atoms with van der Waals surface area (Å²) < 4.78 is 0. The summed E-state index contributed by atoms with van der Waals surface area (Å²) >= 11 is 0. The Labute approximate surface area is 108 Å². The predicted molar refractivity (Wildman–Crippen MR) is 70.1 cm³/mol. The van der Waals surface area contributed by atoms with Gasteiger partial charge in [0, 0.05) is 5.57 Å². The van der Waals surface area contributed by atoms with Gasteiger partial charge in [-0.25, -0.2) is 4.79 Å². The molecule has 4 heteroatoms. The second kappa shape index (κ2) is 6.57. The molecule has 0 aromatic carbocycles. The second-order valence-electron chi connectivity index (χ2n) is 5.39. The maximum absolute atomic E-state index is 12.0. The zero-order chi connectivity index (χ0) is 13.7. The first-order valence-electron chi connectivity index (χ1n) is 6.66. The third-order valence-electron chi connectivity index (χ3n) is 3.61. The van der Waals surface area contributed by atoms with Gasteiger partial charge in [0.2, 0.25) is 5.91 Å². The van der Waals surface area contributed by atoms with Gasteiger partial charge in [-0.15, -0.1) is 0 Å². The summed E-state index contributed by atoms with van der Waals surface area (Å²) in [6.07, 6.45) is 5.46. The van der Waals surface area contributed by atoms with E-state index in [-0.39, 0.29) is 17.7 Å². The minimum atomic E-state index is -0.991. The van der Waals surface area contributed by atoms with Crippen molar-refractivity contribution in [2.45, 2.75) is 52.0 Å². The van der Waals surface area contributed by atoms with E-state index < -0.39 is 12.0 Å². The maximum Gasteiger partial charge on any atom is 0.326 e. The highest BCUT2D eigenvalue weighted by molar-refractivity contribution is 5.95. The number of aliphatic carboxylic acids is 1. The fourth-order valence-corrected chi connectivity index (χ4v) is 2.38. The zero-order valence-electron chi connectivity index (χ0n) is 11.2. The highest BCUT2D eigenvalue weighted by Gasteiger charge is 2.27. The van der Waals surface area contributed by atoms with E-state index in [1.807, 2.05) is 0 Å². The molecule has 1 fully saturated rings. The van der Waals surface area contributed by atoms with Crippen molar-refractivity contribution in [3.05, 3.63) is 12.2 Å². The molecule has 18 heavy (non-hydrogen) atoms. The summed E-state index contributed by atoms with van der Waals surface area (Å²) in [4.78, 5) is 23.0. The van der Waals surface area contributed by atoms with E-state index in [1.54, 1.807) is 13.8 Å². The van der Waals surface area contributed by atoms with Crippen LogP contribution in [0, 0.1) is 11.8 Å². The Balaban J connectivity index is 2.57. The Hall–Kier alpha value is -1.32. The normalized spacial score (nSPS) is 18.4. The van der Waals surface area contributed by atoms with Crippen LogP contribution in [0.1, 0.15) is 46.0 Å². The molecule has 0 radical (unpaired) electrons. The minimum absolute atomic E-state index is 0.134. The molecule has 1 unspecified atom stereocenters. The third kappa shape index (κ3) is 3.86. The lowest BCUT2D eigenvalue weighted by Gasteiger charge is -2.25. The molecule has 1 rings (SSSR count). The van der Waals surface area contributed by atoms with Crippen molar-refractivity contribution < 1.29 is 14.7 Å². The number of carbonyl (C=O) groups excluding carboxylic acids is 1. The molecule has 102 valence electrons. The fourth-order valence-electron chi connectivity index (χ4n) is 2.38. The Morgan fingerprint density at radius 3 is 2.22 bits per heavy atom. The van der Waals surface area contributed by atoms with E-state index in [2.05, 4.69) is 11.9 Å². The van der Waals surface area contributed by atoms with Crippen LogP contribution in [-0.4, -0.2) is 23.0 Å². The fraction of sp³-hybridized carbons (Fsp3) is 0.714. The van der Waals surface area contributed by atoms with Gasteiger partial charge in [0.25, 0.3) is 0 Å². The van der Waals surface area contributed by atoms with Crippen LogP contribution in [0.15, 0.2) is 12.2 Å². The summed E-state index contributed by atoms with van der Waals surface area (Å²) in [6.45, 7) is 7.41. The van der Waals surface area contributed by atoms with Crippen molar-refractivity contribution in [1.29, 1.82) is 0 Å². The molecule has 0 bridgehead atoms. The molecule has 1 saturated carbocycles. The van der Waals surface area contributed by atoms with Crippen molar-refractivity contribution >= 4 is 11.9 Å². The van der Waals surface area contributed by atoms with Crippen molar-refractivity contribution in [2.24, 2.45) is 11.8 Å². The average molecular weight is 253 g/mol. The van der Waals surface area contributed by atoms with Crippen molar-refractivity contribution in [3.8, 4) is 0 Å². The molecule has 2 N–H and O–H groups in total. The summed E-state index contributed by atoms with van der Waals surface area (Å²) in [5.74, 6) is -1.20. The summed E-state index contributed by atoms with van der Waals surface area (Å²) in [6, 6.07) is -0.835. The van der Waals surface area contributed by atoms with Gasteiger partial charge in [-0.3, -0.25) is 4.79 Å². The van der Waals surface area contributed by atoms with Crippen molar-refractivity contribution in [1.82, 2.24) is 5.32 Å². The molecular formula is C14H23NO3. The van der Waals surface area contributed by atoms with Crippen molar-refractivity contribution in [3.63, 3.8) is 0 Å².